The van der Waals surface area contributed by atoms with E-state index in [1.165, 1.54) is 0 Å². The second-order valence-electron chi connectivity index (χ2n) is 3.73. The SMILES string of the molecule is COC(=O)Cc1cc(C#N)c(CN)cc1OC(F)(F)F. The fourth-order valence-corrected chi connectivity index (χ4v) is 1.53. The molecule has 0 saturated heterocycles. The van der Waals surface area contributed by atoms with Crippen molar-refractivity contribution in [2.45, 2.75) is 19.3 Å². The van der Waals surface area contributed by atoms with E-state index in [1.807, 2.05) is 0 Å². The lowest BCUT2D eigenvalue weighted by atomic mass is 10.0. The summed E-state index contributed by atoms with van der Waals surface area (Å²) in [6.07, 6.45) is -5.35. The van der Waals surface area contributed by atoms with E-state index in [9.17, 15) is 18.0 Å². The lowest BCUT2D eigenvalue weighted by Gasteiger charge is -2.15. The monoisotopic (exact) mass is 288 g/mol. The molecule has 0 aliphatic rings. The second kappa shape index (κ2) is 6.25. The highest BCUT2D eigenvalue weighted by molar-refractivity contribution is 5.74. The molecule has 20 heavy (non-hydrogen) atoms. The molecule has 0 atom stereocenters. The largest absolute Gasteiger partial charge is 0.573 e. The number of carbonyl (C=O) groups excluding carboxylic acids is 1. The van der Waals surface area contributed by atoms with Gasteiger partial charge >= 0.3 is 12.3 Å². The van der Waals surface area contributed by atoms with E-state index in [2.05, 4.69) is 9.47 Å². The maximum atomic E-state index is 12.3. The van der Waals surface area contributed by atoms with Crippen LogP contribution in [0.4, 0.5) is 13.2 Å². The Balaban J connectivity index is 3.29. The third-order valence-electron chi connectivity index (χ3n) is 2.41. The predicted molar refractivity (Wildman–Crippen MR) is 61.5 cm³/mol. The normalized spacial score (nSPS) is 10.8. The molecule has 0 saturated carbocycles. The Hall–Kier alpha value is -2.27. The Labute approximate surface area is 112 Å². The minimum absolute atomic E-state index is 0.0842. The van der Waals surface area contributed by atoms with Crippen molar-refractivity contribution in [1.29, 1.82) is 5.26 Å². The summed E-state index contributed by atoms with van der Waals surface area (Å²) in [6.45, 7) is -0.129. The molecule has 108 valence electrons. The van der Waals surface area contributed by atoms with Crippen molar-refractivity contribution in [3.8, 4) is 11.8 Å². The summed E-state index contributed by atoms with van der Waals surface area (Å²) in [4.78, 5) is 11.2. The quantitative estimate of drug-likeness (QED) is 0.851. The van der Waals surface area contributed by atoms with E-state index >= 15 is 0 Å². The number of halogens is 3. The van der Waals surface area contributed by atoms with Crippen molar-refractivity contribution in [2.24, 2.45) is 5.73 Å². The lowest BCUT2D eigenvalue weighted by Crippen LogP contribution is -2.19. The molecule has 0 bridgehead atoms. The number of benzene rings is 1. The molecule has 0 aliphatic heterocycles. The van der Waals surface area contributed by atoms with E-state index in [1.54, 1.807) is 6.07 Å². The Morgan fingerprint density at radius 1 is 1.40 bits per heavy atom. The fraction of sp³-hybridized carbons (Fsp3) is 0.333. The molecule has 2 N–H and O–H groups in total. The van der Waals surface area contributed by atoms with E-state index < -0.39 is 24.5 Å². The highest BCUT2D eigenvalue weighted by atomic mass is 19.4. The Kier molecular flexibility index (Phi) is 4.94. The zero-order chi connectivity index (χ0) is 15.3. The van der Waals surface area contributed by atoms with Gasteiger partial charge in [-0.1, -0.05) is 0 Å². The van der Waals surface area contributed by atoms with Crippen LogP contribution in [0.3, 0.4) is 0 Å². The van der Waals surface area contributed by atoms with Gasteiger partial charge in [0, 0.05) is 12.1 Å². The second-order valence-corrected chi connectivity index (χ2v) is 3.73. The van der Waals surface area contributed by atoms with Crippen LogP contribution in [-0.4, -0.2) is 19.4 Å². The van der Waals surface area contributed by atoms with Gasteiger partial charge in [-0.25, -0.2) is 0 Å². The molecule has 0 heterocycles. The number of methoxy groups -OCH3 is 1. The molecule has 0 unspecified atom stereocenters. The molecule has 0 spiro atoms. The van der Waals surface area contributed by atoms with Gasteiger partial charge in [-0.15, -0.1) is 13.2 Å². The number of nitrogens with two attached hydrogens (primary N) is 1. The minimum Gasteiger partial charge on any atom is -0.469 e. The van der Waals surface area contributed by atoms with Crippen LogP contribution >= 0.6 is 0 Å². The molecule has 0 aromatic heterocycles. The zero-order valence-corrected chi connectivity index (χ0v) is 10.5. The molecule has 8 heteroatoms. The number of esters is 1. The van der Waals surface area contributed by atoms with Crippen molar-refractivity contribution < 1.29 is 27.4 Å². The van der Waals surface area contributed by atoms with Gasteiger partial charge in [0.2, 0.25) is 0 Å². The fourth-order valence-electron chi connectivity index (χ4n) is 1.53. The predicted octanol–water partition coefficient (Wildman–Crippen LogP) is 1.63. The molecule has 0 aliphatic carbocycles. The first kappa shape index (κ1) is 15.8. The molecule has 0 radical (unpaired) electrons. The number of carbonyl (C=O) groups is 1. The minimum atomic E-state index is -4.91. The number of rotatable bonds is 4. The summed E-state index contributed by atoms with van der Waals surface area (Å²) in [7, 11) is 1.10. The molecule has 0 fully saturated rings. The molecule has 1 rings (SSSR count). The first-order chi connectivity index (χ1) is 9.30. The van der Waals surface area contributed by atoms with Crippen LogP contribution in [0.2, 0.25) is 0 Å². The first-order valence-electron chi connectivity index (χ1n) is 5.39. The van der Waals surface area contributed by atoms with Gasteiger partial charge in [0.25, 0.3) is 0 Å². The number of hydrogen-bond donors (Lipinski definition) is 1. The summed E-state index contributed by atoms with van der Waals surface area (Å²) < 4.78 is 45.2. The molecular formula is C12H11F3N2O3. The van der Waals surface area contributed by atoms with Crippen LogP contribution in [-0.2, 0) is 22.5 Å². The summed E-state index contributed by atoms with van der Waals surface area (Å²) in [6, 6.07) is 3.94. The average Bonchev–Trinajstić information content (AvgIpc) is 2.38. The van der Waals surface area contributed by atoms with Gasteiger partial charge in [-0.3, -0.25) is 4.79 Å². The van der Waals surface area contributed by atoms with Gasteiger partial charge in [0.05, 0.1) is 25.2 Å². The van der Waals surface area contributed by atoms with Gasteiger partial charge in [0.15, 0.2) is 0 Å². The van der Waals surface area contributed by atoms with Crippen LogP contribution in [0.15, 0.2) is 12.1 Å². The van der Waals surface area contributed by atoms with E-state index in [-0.39, 0.29) is 23.2 Å². The topological polar surface area (TPSA) is 85.3 Å². The lowest BCUT2D eigenvalue weighted by molar-refractivity contribution is -0.275. The van der Waals surface area contributed by atoms with E-state index in [0.717, 1.165) is 19.2 Å². The van der Waals surface area contributed by atoms with Crippen molar-refractivity contribution in [2.75, 3.05) is 7.11 Å². The number of alkyl halides is 3. The van der Waals surface area contributed by atoms with Crippen molar-refractivity contribution >= 4 is 5.97 Å². The summed E-state index contributed by atoms with van der Waals surface area (Å²) in [5.41, 5.74) is 5.54. The highest BCUT2D eigenvalue weighted by Crippen LogP contribution is 2.29. The van der Waals surface area contributed by atoms with E-state index in [0.29, 0.717) is 0 Å². The van der Waals surface area contributed by atoms with E-state index in [4.69, 9.17) is 11.0 Å². The maximum absolute atomic E-state index is 12.3. The molecule has 1 aromatic rings. The Morgan fingerprint density at radius 2 is 2.05 bits per heavy atom. The highest BCUT2D eigenvalue weighted by Gasteiger charge is 2.32. The smallest absolute Gasteiger partial charge is 0.469 e. The molecular weight excluding hydrogens is 277 g/mol. The van der Waals surface area contributed by atoms with Crippen LogP contribution in [0, 0.1) is 11.3 Å². The number of ether oxygens (including phenoxy) is 2. The third kappa shape index (κ3) is 4.13. The number of nitrogens with zero attached hydrogens (tertiary/aromatic N) is 1. The maximum Gasteiger partial charge on any atom is 0.573 e. The zero-order valence-electron chi connectivity index (χ0n) is 10.5. The van der Waals surface area contributed by atoms with Gasteiger partial charge in [0.1, 0.15) is 5.75 Å². The van der Waals surface area contributed by atoms with Crippen LogP contribution in [0.25, 0.3) is 0 Å². The number of hydrogen-bond acceptors (Lipinski definition) is 5. The average molecular weight is 288 g/mol. The van der Waals surface area contributed by atoms with Crippen molar-refractivity contribution in [1.82, 2.24) is 0 Å². The molecule has 0 amide bonds. The standard InChI is InChI=1S/C12H11F3N2O3/c1-19-11(18)4-7-2-8(5-16)9(6-17)3-10(7)20-12(13,14)15/h2-3H,4,6,17H2,1H3. The Morgan fingerprint density at radius 3 is 2.50 bits per heavy atom. The van der Waals surface area contributed by atoms with Gasteiger partial charge < -0.3 is 15.2 Å². The van der Waals surface area contributed by atoms with Crippen LogP contribution in [0.5, 0.6) is 5.75 Å². The third-order valence-corrected chi connectivity index (χ3v) is 2.41. The molecule has 5 nitrogen and oxygen atoms in total. The van der Waals surface area contributed by atoms with Crippen molar-refractivity contribution in [3.63, 3.8) is 0 Å². The van der Waals surface area contributed by atoms with Crippen LogP contribution < -0.4 is 10.5 Å². The molecule has 1 aromatic carbocycles. The number of nitriles is 1. The van der Waals surface area contributed by atoms with Gasteiger partial charge in [-0.2, -0.15) is 5.26 Å². The first-order valence-corrected chi connectivity index (χ1v) is 5.39. The summed E-state index contributed by atoms with van der Waals surface area (Å²) in [5, 5.41) is 8.90. The summed E-state index contributed by atoms with van der Waals surface area (Å²) in [5.74, 6) is -1.32. The van der Waals surface area contributed by atoms with Crippen molar-refractivity contribution in [3.05, 3.63) is 28.8 Å². The van der Waals surface area contributed by atoms with Gasteiger partial charge in [-0.05, 0) is 17.7 Å². The Bertz CT molecular complexity index is 550. The summed E-state index contributed by atoms with van der Waals surface area (Å²) >= 11 is 0. The van der Waals surface area contributed by atoms with Crippen LogP contribution in [0.1, 0.15) is 16.7 Å².